The molecule has 0 amide bonds. The van der Waals surface area contributed by atoms with E-state index in [0.29, 0.717) is 14.6 Å². The maximum absolute atomic E-state index is 13.0. The minimum absolute atomic E-state index is 0.0656. The lowest BCUT2D eigenvalue weighted by molar-refractivity contribution is -0.384. The molecule has 2 aromatic carbocycles. The zero-order valence-corrected chi connectivity index (χ0v) is 19.7. The van der Waals surface area contributed by atoms with Crippen LogP contribution in [0.2, 0.25) is 0 Å². The average Bonchev–Trinajstić information content (AvgIpc) is 2.74. The molecule has 1 heterocycles. The van der Waals surface area contributed by atoms with Gasteiger partial charge >= 0.3 is 0 Å². The van der Waals surface area contributed by atoms with Crippen molar-refractivity contribution >= 4 is 59.1 Å². The van der Waals surface area contributed by atoms with Crippen LogP contribution in [-0.4, -0.2) is 26.4 Å². The Bertz CT molecular complexity index is 1170. The quantitative estimate of drug-likeness (QED) is 0.276. The molecule has 0 spiro atoms. The highest BCUT2D eigenvalue weighted by Crippen LogP contribution is 2.34. The van der Waals surface area contributed by atoms with Crippen LogP contribution in [0.4, 0.5) is 11.4 Å². The molecule has 0 atom stereocenters. The Morgan fingerprint density at radius 1 is 1.13 bits per heavy atom. The number of hydrogen-bond acceptors (Lipinski definition) is 6. The topological polar surface area (TPSA) is 104 Å². The summed E-state index contributed by atoms with van der Waals surface area (Å²) in [5.74, 6) is 0. The first-order chi connectivity index (χ1) is 14.2. The van der Waals surface area contributed by atoms with Gasteiger partial charge in [-0.15, -0.1) is 0 Å². The van der Waals surface area contributed by atoms with E-state index in [0.717, 1.165) is 38.4 Å². The molecule has 0 bridgehead atoms. The number of anilines is 1. The fourth-order valence-electron chi connectivity index (χ4n) is 3.30. The lowest BCUT2D eigenvalue weighted by Crippen LogP contribution is -2.29. The van der Waals surface area contributed by atoms with Gasteiger partial charge in [0.2, 0.25) is 9.84 Å². The Balaban J connectivity index is 2.05. The molecule has 0 radical (unpaired) electrons. The molecule has 1 fully saturated rings. The molecule has 30 heavy (non-hydrogen) atoms. The van der Waals surface area contributed by atoms with E-state index in [9.17, 15) is 23.8 Å². The molecule has 0 aromatic heterocycles. The Morgan fingerprint density at radius 3 is 2.47 bits per heavy atom. The summed E-state index contributed by atoms with van der Waals surface area (Å²) in [7, 11) is -4.12. The average molecular weight is 555 g/mol. The number of rotatable bonds is 5. The van der Waals surface area contributed by atoms with Crippen LogP contribution >= 0.6 is 31.9 Å². The van der Waals surface area contributed by atoms with Crippen molar-refractivity contribution in [3.05, 3.63) is 65.9 Å². The maximum Gasteiger partial charge on any atom is 0.293 e. The number of allylic oxidation sites excluding steroid dienone is 1. The summed E-state index contributed by atoms with van der Waals surface area (Å²) in [5, 5.41) is 21.2. The predicted molar refractivity (Wildman–Crippen MR) is 122 cm³/mol. The van der Waals surface area contributed by atoms with E-state index < -0.39 is 19.7 Å². The first-order valence-electron chi connectivity index (χ1n) is 9.09. The van der Waals surface area contributed by atoms with E-state index in [1.54, 1.807) is 30.3 Å². The van der Waals surface area contributed by atoms with Gasteiger partial charge in [0.05, 0.1) is 9.82 Å². The van der Waals surface area contributed by atoms with Crippen LogP contribution in [0.1, 0.15) is 24.8 Å². The number of halogens is 2. The third-order valence-corrected chi connectivity index (χ3v) is 7.93. The normalized spacial score (nSPS) is 15.0. The van der Waals surface area contributed by atoms with E-state index in [2.05, 4.69) is 31.9 Å². The fourth-order valence-corrected chi connectivity index (χ4v) is 5.96. The zero-order valence-electron chi connectivity index (χ0n) is 15.7. The minimum atomic E-state index is -4.12. The van der Waals surface area contributed by atoms with Crippen molar-refractivity contribution in [3.8, 4) is 6.07 Å². The molecule has 1 aliphatic heterocycles. The van der Waals surface area contributed by atoms with Gasteiger partial charge in [0.25, 0.3) is 5.69 Å². The smallest absolute Gasteiger partial charge is 0.293 e. The van der Waals surface area contributed by atoms with Gasteiger partial charge in [-0.3, -0.25) is 10.1 Å². The van der Waals surface area contributed by atoms with Crippen molar-refractivity contribution in [2.45, 2.75) is 24.2 Å². The number of benzene rings is 2. The van der Waals surface area contributed by atoms with Gasteiger partial charge in [0.1, 0.15) is 16.7 Å². The molecule has 0 unspecified atom stereocenters. The molecule has 7 nitrogen and oxygen atoms in total. The van der Waals surface area contributed by atoms with Gasteiger partial charge in [-0.05, 0) is 71.1 Å². The first kappa shape index (κ1) is 22.5. The summed E-state index contributed by atoms with van der Waals surface area (Å²) >= 11 is 6.43. The van der Waals surface area contributed by atoms with Crippen LogP contribution in [0.5, 0.6) is 0 Å². The summed E-state index contributed by atoms with van der Waals surface area (Å²) in [6, 6.07) is 10.9. The zero-order chi connectivity index (χ0) is 21.9. The Hall–Kier alpha value is -2.22. The highest BCUT2D eigenvalue weighted by molar-refractivity contribution is 9.11. The van der Waals surface area contributed by atoms with Gasteiger partial charge in [-0.1, -0.05) is 22.0 Å². The van der Waals surface area contributed by atoms with E-state index in [1.807, 2.05) is 4.90 Å². The van der Waals surface area contributed by atoms with E-state index in [4.69, 9.17) is 0 Å². The monoisotopic (exact) mass is 553 g/mol. The first-order valence-corrected chi connectivity index (χ1v) is 12.2. The molecular weight excluding hydrogens is 538 g/mol. The van der Waals surface area contributed by atoms with Crippen LogP contribution in [0, 0.1) is 21.4 Å². The van der Waals surface area contributed by atoms with Crippen molar-refractivity contribution in [1.82, 2.24) is 0 Å². The second-order valence-electron chi connectivity index (χ2n) is 6.75. The molecule has 3 rings (SSSR count). The Morgan fingerprint density at radius 2 is 1.83 bits per heavy atom. The lowest BCUT2D eigenvalue weighted by Gasteiger charge is -2.28. The largest absolute Gasteiger partial charge is 0.366 e. The summed E-state index contributed by atoms with van der Waals surface area (Å²) in [4.78, 5) is 12.6. The Kier molecular flexibility index (Phi) is 6.95. The maximum atomic E-state index is 13.0. The minimum Gasteiger partial charge on any atom is -0.366 e. The standard InChI is InChI=1S/C20H17Br2N3O4S/c21-15-5-6-17(22)20(12-15)30(28,29)16(13-23)10-14-4-7-18(19(11-14)25(26)27)24-8-2-1-3-9-24/h4-7,10-12H,1-3,8-9H2/b16-10-. The van der Waals surface area contributed by atoms with Crippen LogP contribution in [0.15, 0.2) is 55.1 Å². The molecular formula is C20H17Br2N3O4S. The van der Waals surface area contributed by atoms with E-state index >= 15 is 0 Å². The number of nitrogens with zero attached hydrogens (tertiary/aromatic N) is 3. The van der Waals surface area contributed by atoms with Gasteiger partial charge < -0.3 is 4.90 Å². The highest BCUT2D eigenvalue weighted by Gasteiger charge is 2.25. The fraction of sp³-hybridized carbons (Fsp3) is 0.250. The van der Waals surface area contributed by atoms with Crippen LogP contribution in [0.25, 0.3) is 6.08 Å². The third-order valence-electron chi connectivity index (χ3n) is 4.77. The number of hydrogen-bond donors (Lipinski definition) is 0. The summed E-state index contributed by atoms with van der Waals surface area (Å²) in [6.45, 7) is 1.48. The van der Waals surface area contributed by atoms with Crippen molar-refractivity contribution < 1.29 is 13.3 Å². The van der Waals surface area contributed by atoms with Gasteiger partial charge in [0, 0.05) is 28.1 Å². The van der Waals surface area contributed by atoms with Crippen LogP contribution in [0.3, 0.4) is 0 Å². The number of nitriles is 1. The second kappa shape index (κ2) is 9.29. The lowest BCUT2D eigenvalue weighted by atomic mass is 10.1. The van der Waals surface area contributed by atoms with Crippen molar-refractivity contribution in [3.63, 3.8) is 0 Å². The molecule has 1 aliphatic rings. The third kappa shape index (κ3) is 4.74. The summed E-state index contributed by atoms with van der Waals surface area (Å²) in [6.07, 6.45) is 4.20. The molecule has 1 saturated heterocycles. The molecule has 2 aromatic rings. The molecule has 0 aliphatic carbocycles. The number of sulfone groups is 1. The van der Waals surface area contributed by atoms with E-state index in [-0.39, 0.29) is 16.1 Å². The molecule has 10 heteroatoms. The molecule has 156 valence electrons. The second-order valence-corrected chi connectivity index (χ2v) is 10.4. The summed E-state index contributed by atoms with van der Waals surface area (Å²) < 4.78 is 26.8. The number of nitro benzene ring substituents is 1. The predicted octanol–water partition coefficient (Wildman–Crippen LogP) is 5.45. The van der Waals surface area contributed by atoms with Crippen LogP contribution < -0.4 is 4.90 Å². The number of nitro groups is 1. The van der Waals surface area contributed by atoms with Gasteiger partial charge in [-0.2, -0.15) is 5.26 Å². The van der Waals surface area contributed by atoms with Crippen molar-refractivity contribution in [1.29, 1.82) is 5.26 Å². The highest BCUT2D eigenvalue weighted by atomic mass is 79.9. The molecule has 0 N–H and O–H groups in total. The van der Waals surface area contributed by atoms with Crippen LogP contribution in [-0.2, 0) is 9.84 Å². The van der Waals surface area contributed by atoms with Gasteiger partial charge in [0.15, 0.2) is 0 Å². The van der Waals surface area contributed by atoms with Gasteiger partial charge in [-0.25, -0.2) is 8.42 Å². The summed E-state index contributed by atoms with van der Waals surface area (Å²) in [5.41, 5.74) is 0.672. The van der Waals surface area contributed by atoms with Crippen molar-refractivity contribution in [2.75, 3.05) is 18.0 Å². The van der Waals surface area contributed by atoms with Crippen molar-refractivity contribution in [2.24, 2.45) is 0 Å². The number of piperidine rings is 1. The van der Waals surface area contributed by atoms with E-state index in [1.165, 1.54) is 12.1 Å². The SMILES string of the molecule is N#C/C(=C/c1ccc(N2CCCCC2)c([N+](=O)[O-])c1)S(=O)(=O)c1cc(Br)ccc1Br. The molecule has 0 saturated carbocycles. The Labute approximate surface area is 191 Å².